The van der Waals surface area contributed by atoms with Gasteiger partial charge in [0.25, 0.3) is 0 Å². The average molecular weight is 296 g/mol. The molecule has 114 valence electrons. The van der Waals surface area contributed by atoms with Crippen molar-refractivity contribution in [3.05, 3.63) is 71.3 Å². The highest BCUT2D eigenvalue weighted by molar-refractivity contribution is 5.96. The summed E-state index contributed by atoms with van der Waals surface area (Å²) in [5.74, 6) is -0.545. The zero-order valence-corrected chi connectivity index (χ0v) is 12.6. The number of hydrogen-bond acceptors (Lipinski definition) is 2. The minimum absolute atomic E-state index is 0.154. The molecule has 2 aromatic carbocycles. The van der Waals surface area contributed by atoms with Crippen LogP contribution in [0.25, 0.3) is 0 Å². The van der Waals surface area contributed by atoms with Gasteiger partial charge in [-0.05, 0) is 18.1 Å². The largest absolute Gasteiger partial charge is 0.352 e. The van der Waals surface area contributed by atoms with E-state index < -0.39 is 0 Å². The van der Waals surface area contributed by atoms with Crippen LogP contribution in [0, 0.1) is 6.92 Å². The maximum Gasteiger partial charge on any atom is 0.229 e. The molecule has 0 radical (unpaired) electrons. The van der Waals surface area contributed by atoms with Gasteiger partial charge in [-0.2, -0.15) is 0 Å². The molecule has 22 heavy (non-hydrogen) atoms. The molecule has 0 bridgehead atoms. The molecule has 0 heterocycles. The molecule has 2 aromatic rings. The van der Waals surface area contributed by atoms with Crippen molar-refractivity contribution in [3.8, 4) is 0 Å². The van der Waals surface area contributed by atoms with E-state index in [9.17, 15) is 9.59 Å². The fraction of sp³-hybridized carbons (Fsp3) is 0.222. The second kappa shape index (κ2) is 7.98. The summed E-state index contributed by atoms with van der Waals surface area (Å²) in [5.41, 5.74) is 3.20. The lowest BCUT2D eigenvalue weighted by atomic mass is 10.1. The van der Waals surface area contributed by atoms with Crippen LogP contribution in [0.2, 0.25) is 0 Å². The number of amides is 2. The van der Waals surface area contributed by atoms with Gasteiger partial charge in [-0.1, -0.05) is 60.2 Å². The first-order valence-electron chi connectivity index (χ1n) is 7.26. The van der Waals surface area contributed by atoms with Crippen molar-refractivity contribution in [1.82, 2.24) is 10.6 Å². The molecule has 4 heteroatoms. The van der Waals surface area contributed by atoms with Crippen molar-refractivity contribution in [1.29, 1.82) is 0 Å². The Morgan fingerprint density at radius 1 is 0.773 bits per heavy atom. The Bertz CT molecular complexity index is 621. The summed E-state index contributed by atoms with van der Waals surface area (Å²) in [4.78, 5) is 23.4. The maximum absolute atomic E-state index is 11.7. The van der Waals surface area contributed by atoms with Gasteiger partial charge in [-0.15, -0.1) is 0 Å². The maximum atomic E-state index is 11.7. The third-order valence-corrected chi connectivity index (χ3v) is 3.26. The van der Waals surface area contributed by atoms with E-state index in [0.717, 1.165) is 11.1 Å². The van der Waals surface area contributed by atoms with Crippen LogP contribution < -0.4 is 10.6 Å². The van der Waals surface area contributed by atoms with E-state index in [1.54, 1.807) is 0 Å². The Balaban J connectivity index is 1.70. The quantitative estimate of drug-likeness (QED) is 0.804. The van der Waals surface area contributed by atoms with E-state index in [1.807, 2.05) is 61.5 Å². The smallest absolute Gasteiger partial charge is 0.229 e. The second-order valence-electron chi connectivity index (χ2n) is 5.20. The first kappa shape index (κ1) is 15.8. The predicted molar refractivity (Wildman–Crippen MR) is 85.9 cm³/mol. The molecule has 0 aliphatic carbocycles. The number of carbonyl (C=O) groups excluding carboxylic acids is 2. The third kappa shape index (κ3) is 5.40. The Morgan fingerprint density at radius 2 is 1.27 bits per heavy atom. The van der Waals surface area contributed by atoms with Gasteiger partial charge in [0.1, 0.15) is 6.42 Å². The van der Waals surface area contributed by atoms with Crippen LogP contribution >= 0.6 is 0 Å². The molecule has 0 fully saturated rings. The zero-order valence-electron chi connectivity index (χ0n) is 12.6. The lowest BCUT2D eigenvalue weighted by molar-refractivity contribution is -0.129. The second-order valence-corrected chi connectivity index (χ2v) is 5.20. The van der Waals surface area contributed by atoms with Crippen LogP contribution in [0.15, 0.2) is 54.6 Å². The van der Waals surface area contributed by atoms with E-state index >= 15 is 0 Å². The van der Waals surface area contributed by atoms with Crippen LogP contribution in [-0.4, -0.2) is 11.8 Å². The van der Waals surface area contributed by atoms with E-state index in [-0.39, 0.29) is 18.2 Å². The molecule has 0 spiro atoms. The Hall–Kier alpha value is -2.62. The molecule has 0 atom stereocenters. The van der Waals surface area contributed by atoms with Gasteiger partial charge < -0.3 is 10.6 Å². The van der Waals surface area contributed by atoms with Gasteiger partial charge in [-0.3, -0.25) is 9.59 Å². The van der Waals surface area contributed by atoms with Gasteiger partial charge in [0.2, 0.25) is 11.8 Å². The highest BCUT2D eigenvalue weighted by atomic mass is 16.2. The van der Waals surface area contributed by atoms with Gasteiger partial charge in [0.05, 0.1) is 0 Å². The highest BCUT2D eigenvalue weighted by Crippen LogP contribution is 2.02. The van der Waals surface area contributed by atoms with Gasteiger partial charge in [0, 0.05) is 13.1 Å². The minimum atomic E-state index is -0.273. The molecule has 2 N–H and O–H groups in total. The zero-order chi connectivity index (χ0) is 15.8. The van der Waals surface area contributed by atoms with E-state index in [0.29, 0.717) is 13.1 Å². The summed E-state index contributed by atoms with van der Waals surface area (Å²) in [6.45, 7) is 2.88. The highest BCUT2D eigenvalue weighted by Gasteiger charge is 2.08. The monoisotopic (exact) mass is 296 g/mol. The summed E-state index contributed by atoms with van der Waals surface area (Å²) >= 11 is 0. The first-order chi connectivity index (χ1) is 10.6. The molecular weight excluding hydrogens is 276 g/mol. The summed E-state index contributed by atoms with van der Waals surface area (Å²) in [7, 11) is 0. The number of rotatable bonds is 6. The van der Waals surface area contributed by atoms with Crippen LogP contribution in [0.3, 0.4) is 0 Å². The number of hydrogen-bond donors (Lipinski definition) is 2. The molecule has 2 rings (SSSR count). The lowest BCUT2D eigenvalue weighted by Gasteiger charge is -2.07. The number of benzene rings is 2. The predicted octanol–water partition coefficient (Wildman–Crippen LogP) is 2.32. The molecule has 0 aliphatic rings. The van der Waals surface area contributed by atoms with Crippen molar-refractivity contribution in [2.24, 2.45) is 0 Å². The SMILES string of the molecule is Cc1ccc(CNC(=O)CC(=O)NCc2ccccc2)cc1. The number of aryl methyl sites for hydroxylation is 1. The Kier molecular flexibility index (Phi) is 5.72. The van der Waals surface area contributed by atoms with Crippen molar-refractivity contribution in [3.63, 3.8) is 0 Å². The summed E-state index contributed by atoms with van der Waals surface area (Å²) in [6.07, 6.45) is -0.154. The molecule has 0 aromatic heterocycles. The van der Waals surface area contributed by atoms with E-state index in [1.165, 1.54) is 5.56 Å². The van der Waals surface area contributed by atoms with E-state index in [2.05, 4.69) is 10.6 Å². The van der Waals surface area contributed by atoms with Gasteiger partial charge in [-0.25, -0.2) is 0 Å². The van der Waals surface area contributed by atoms with Gasteiger partial charge in [0.15, 0.2) is 0 Å². The van der Waals surface area contributed by atoms with Gasteiger partial charge >= 0.3 is 0 Å². The third-order valence-electron chi connectivity index (χ3n) is 3.26. The standard InChI is InChI=1S/C18H20N2O2/c1-14-7-9-16(10-8-14)13-20-18(22)11-17(21)19-12-15-5-3-2-4-6-15/h2-10H,11-13H2,1H3,(H,19,21)(H,20,22). The Morgan fingerprint density at radius 3 is 1.82 bits per heavy atom. The number of carbonyl (C=O) groups is 2. The topological polar surface area (TPSA) is 58.2 Å². The fourth-order valence-electron chi connectivity index (χ4n) is 1.97. The summed E-state index contributed by atoms with van der Waals surface area (Å²) in [6, 6.07) is 17.5. The normalized spacial score (nSPS) is 10.0. The van der Waals surface area contributed by atoms with Crippen LogP contribution in [0.5, 0.6) is 0 Å². The molecule has 0 saturated heterocycles. The van der Waals surface area contributed by atoms with Crippen LogP contribution in [-0.2, 0) is 22.7 Å². The Labute approximate surface area is 130 Å². The van der Waals surface area contributed by atoms with E-state index in [4.69, 9.17) is 0 Å². The first-order valence-corrected chi connectivity index (χ1v) is 7.26. The fourth-order valence-corrected chi connectivity index (χ4v) is 1.97. The van der Waals surface area contributed by atoms with Crippen LogP contribution in [0.4, 0.5) is 0 Å². The molecule has 4 nitrogen and oxygen atoms in total. The van der Waals surface area contributed by atoms with Crippen molar-refractivity contribution in [2.45, 2.75) is 26.4 Å². The molecular formula is C18H20N2O2. The molecule has 0 aliphatic heterocycles. The van der Waals surface area contributed by atoms with Crippen LogP contribution in [0.1, 0.15) is 23.1 Å². The van der Waals surface area contributed by atoms with Crippen molar-refractivity contribution < 1.29 is 9.59 Å². The lowest BCUT2D eigenvalue weighted by Crippen LogP contribution is -2.31. The molecule has 2 amide bonds. The number of nitrogens with one attached hydrogen (secondary N) is 2. The average Bonchev–Trinajstić information content (AvgIpc) is 2.53. The van der Waals surface area contributed by atoms with Crippen molar-refractivity contribution in [2.75, 3.05) is 0 Å². The summed E-state index contributed by atoms with van der Waals surface area (Å²) in [5, 5.41) is 5.48. The molecule has 0 saturated carbocycles. The summed E-state index contributed by atoms with van der Waals surface area (Å²) < 4.78 is 0. The van der Waals surface area contributed by atoms with Crippen molar-refractivity contribution >= 4 is 11.8 Å². The molecule has 0 unspecified atom stereocenters. The minimum Gasteiger partial charge on any atom is -0.352 e.